The van der Waals surface area contributed by atoms with Gasteiger partial charge in [-0.1, -0.05) is 24.3 Å². The van der Waals surface area contributed by atoms with Crippen molar-refractivity contribution in [3.63, 3.8) is 0 Å². The highest BCUT2D eigenvalue weighted by Crippen LogP contribution is 2.23. The molecule has 0 saturated carbocycles. The van der Waals surface area contributed by atoms with Crippen LogP contribution in [0.15, 0.2) is 55.0 Å². The molecule has 0 N–H and O–H groups in total. The van der Waals surface area contributed by atoms with Crippen molar-refractivity contribution in [2.24, 2.45) is 7.05 Å². The average molecular weight is 397 g/mol. The second kappa shape index (κ2) is 7.46. The molecule has 0 saturated heterocycles. The van der Waals surface area contributed by atoms with Gasteiger partial charge in [0.2, 0.25) is 0 Å². The van der Waals surface area contributed by atoms with Crippen LogP contribution in [-0.2, 0) is 26.4 Å². The molecule has 0 fully saturated rings. The first-order chi connectivity index (χ1) is 14.5. The van der Waals surface area contributed by atoms with Crippen molar-refractivity contribution >= 4 is 16.7 Å². The molecule has 0 amide bonds. The van der Waals surface area contributed by atoms with Crippen LogP contribution in [0.3, 0.4) is 0 Å². The van der Waals surface area contributed by atoms with Gasteiger partial charge in [-0.2, -0.15) is 5.10 Å². The number of carbonyl (C=O) groups is 1. The summed E-state index contributed by atoms with van der Waals surface area (Å²) in [6.45, 7) is 1.97. The predicted molar refractivity (Wildman–Crippen MR) is 116 cm³/mol. The fourth-order valence-electron chi connectivity index (χ4n) is 4.01. The number of hydrogen-bond acceptors (Lipinski definition) is 5. The standard InChI is InChI=1S/C24H23N5O/c1-28-8-7-17-9-18(4-6-20(17)14-28)23(30)11-24-25-12-19-5-3-16(10-22(19)27-24)21-13-26-29(2)15-21/h3-6,9-10,12-13,15H,7-8,11,14H2,1-2H3. The number of carbonyl (C=O) groups excluding carboxylic acids is 1. The summed E-state index contributed by atoms with van der Waals surface area (Å²) in [7, 11) is 4.02. The van der Waals surface area contributed by atoms with E-state index in [-0.39, 0.29) is 12.2 Å². The van der Waals surface area contributed by atoms with Crippen LogP contribution in [0.25, 0.3) is 22.0 Å². The number of fused-ring (bicyclic) bond motifs is 2. The quantitative estimate of drug-likeness (QED) is 0.494. The fourth-order valence-corrected chi connectivity index (χ4v) is 4.01. The molecule has 0 aliphatic carbocycles. The summed E-state index contributed by atoms with van der Waals surface area (Å²) in [6.07, 6.45) is 6.78. The van der Waals surface area contributed by atoms with Crippen LogP contribution in [-0.4, -0.2) is 44.0 Å². The highest BCUT2D eigenvalue weighted by molar-refractivity contribution is 5.97. The molecule has 0 bridgehead atoms. The van der Waals surface area contributed by atoms with Gasteiger partial charge < -0.3 is 4.90 Å². The lowest BCUT2D eigenvalue weighted by molar-refractivity contribution is 0.0990. The number of aromatic nitrogens is 4. The highest BCUT2D eigenvalue weighted by Gasteiger charge is 2.16. The van der Waals surface area contributed by atoms with Gasteiger partial charge in [-0.15, -0.1) is 0 Å². The molecule has 0 atom stereocenters. The molecule has 150 valence electrons. The first-order valence-corrected chi connectivity index (χ1v) is 10.1. The Morgan fingerprint density at radius 2 is 1.93 bits per heavy atom. The highest BCUT2D eigenvalue weighted by atomic mass is 16.1. The van der Waals surface area contributed by atoms with Gasteiger partial charge in [-0.05, 0) is 42.3 Å². The normalized spacial score (nSPS) is 14.1. The zero-order valence-electron chi connectivity index (χ0n) is 17.2. The molecule has 0 radical (unpaired) electrons. The van der Waals surface area contributed by atoms with E-state index >= 15 is 0 Å². The molecule has 2 aromatic carbocycles. The zero-order chi connectivity index (χ0) is 20.7. The van der Waals surface area contributed by atoms with Crippen LogP contribution in [0.5, 0.6) is 0 Å². The molecule has 4 aromatic rings. The van der Waals surface area contributed by atoms with Crippen LogP contribution in [0.4, 0.5) is 0 Å². The molecule has 30 heavy (non-hydrogen) atoms. The van der Waals surface area contributed by atoms with E-state index in [2.05, 4.69) is 33.1 Å². The molecule has 3 heterocycles. The smallest absolute Gasteiger partial charge is 0.170 e. The number of benzene rings is 2. The average Bonchev–Trinajstić information content (AvgIpc) is 3.19. The summed E-state index contributed by atoms with van der Waals surface area (Å²) in [5, 5.41) is 5.19. The van der Waals surface area contributed by atoms with Crippen molar-refractivity contribution in [2.75, 3.05) is 13.6 Å². The Labute approximate surface area is 175 Å². The van der Waals surface area contributed by atoms with Crippen LogP contribution < -0.4 is 0 Å². The van der Waals surface area contributed by atoms with Gasteiger partial charge in [0.05, 0.1) is 18.1 Å². The third-order valence-electron chi connectivity index (χ3n) is 5.72. The first kappa shape index (κ1) is 18.6. The number of Topliss-reactive ketones (excluding diaryl/α,β-unsaturated/α-hetero) is 1. The Balaban J connectivity index is 1.40. The maximum Gasteiger partial charge on any atom is 0.170 e. The van der Waals surface area contributed by atoms with Crippen LogP contribution >= 0.6 is 0 Å². The third kappa shape index (κ3) is 3.62. The zero-order valence-corrected chi connectivity index (χ0v) is 17.2. The molecule has 2 aromatic heterocycles. The van der Waals surface area contributed by atoms with Gasteiger partial charge in [-0.25, -0.2) is 9.97 Å². The minimum Gasteiger partial charge on any atom is -0.302 e. The number of ketones is 1. The largest absolute Gasteiger partial charge is 0.302 e. The molecular weight excluding hydrogens is 374 g/mol. The molecule has 0 unspecified atom stereocenters. The number of hydrogen-bond donors (Lipinski definition) is 0. The maximum absolute atomic E-state index is 12.9. The summed E-state index contributed by atoms with van der Waals surface area (Å²) in [6, 6.07) is 12.1. The summed E-state index contributed by atoms with van der Waals surface area (Å²) < 4.78 is 1.78. The van der Waals surface area contributed by atoms with Gasteiger partial charge in [0.15, 0.2) is 5.78 Å². The lowest BCUT2D eigenvalue weighted by atomic mass is 9.95. The molecule has 0 spiro atoms. The van der Waals surface area contributed by atoms with Crippen LogP contribution in [0.1, 0.15) is 27.3 Å². The van der Waals surface area contributed by atoms with Crippen molar-refractivity contribution in [1.82, 2.24) is 24.6 Å². The van der Waals surface area contributed by atoms with Crippen molar-refractivity contribution < 1.29 is 4.79 Å². The van der Waals surface area contributed by atoms with Crippen molar-refractivity contribution in [3.05, 3.63) is 77.5 Å². The van der Waals surface area contributed by atoms with E-state index in [1.54, 1.807) is 10.9 Å². The molecule has 5 rings (SSSR count). The summed E-state index contributed by atoms with van der Waals surface area (Å²) in [5.74, 6) is 0.604. The number of nitrogens with zero attached hydrogens (tertiary/aromatic N) is 5. The van der Waals surface area contributed by atoms with Gasteiger partial charge >= 0.3 is 0 Å². The van der Waals surface area contributed by atoms with E-state index in [1.165, 1.54) is 11.1 Å². The summed E-state index contributed by atoms with van der Waals surface area (Å²) in [5.41, 5.74) is 6.25. The van der Waals surface area contributed by atoms with Gasteiger partial charge in [0.25, 0.3) is 0 Å². The minimum absolute atomic E-state index is 0.0551. The molecule has 6 heteroatoms. The van der Waals surface area contributed by atoms with Gasteiger partial charge in [0, 0.05) is 49.0 Å². The van der Waals surface area contributed by atoms with Crippen molar-refractivity contribution in [3.8, 4) is 11.1 Å². The van der Waals surface area contributed by atoms with Crippen molar-refractivity contribution in [1.29, 1.82) is 0 Å². The Morgan fingerprint density at radius 1 is 1.03 bits per heavy atom. The van der Waals surface area contributed by atoms with E-state index in [0.29, 0.717) is 5.82 Å². The van der Waals surface area contributed by atoms with Crippen LogP contribution in [0.2, 0.25) is 0 Å². The second-order valence-corrected chi connectivity index (χ2v) is 8.03. The van der Waals surface area contributed by atoms with E-state index in [4.69, 9.17) is 0 Å². The number of aryl methyl sites for hydroxylation is 1. The molecule has 1 aliphatic rings. The van der Waals surface area contributed by atoms with Crippen LogP contribution in [0, 0.1) is 0 Å². The van der Waals surface area contributed by atoms with Crippen molar-refractivity contribution in [2.45, 2.75) is 19.4 Å². The Bertz CT molecular complexity index is 1260. The lowest BCUT2D eigenvalue weighted by Gasteiger charge is -2.25. The minimum atomic E-state index is 0.0551. The van der Waals surface area contributed by atoms with E-state index in [1.807, 2.05) is 49.8 Å². The molecular formula is C24H23N5O. The Morgan fingerprint density at radius 3 is 2.77 bits per heavy atom. The predicted octanol–water partition coefficient (Wildman–Crippen LogP) is 3.44. The molecule has 6 nitrogen and oxygen atoms in total. The number of rotatable bonds is 4. The monoisotopic (exact) mass is 397 g/mol. The Kier molecular flexibility index (Phi) is 4.64. The fraction of sp³-hybridized carbons (Fsp3) is 0.250. The van der Waals surface area contributed by atoms with E-state index < -0.39 is 0 Å². The Hall–Kier alpha value is -3.38. The third-order valence-corrected chi connectivity index (χ3v) is 5.72. The SMILES string of the molecule is CN1CCc2cc(C(=O)Cc3ncc4ccc(-c5cnn(C)c5)cc4n3)ccc2C1. The maximum atomic E-state index is 12.9. The van der Waals surface area contributed by atoms with E-state index in [0.717, 1.165) is 47.1 Å². The summed E-state index contributed by atoms with van der Waals surface area (Å²) in [4.78, 5) is 24.3. The second-order valence-electron chi connectivity index (χ2n) is 8.03. The van der Waals surface area contributed by atoms with Gasteiger partial charge in [-0.3, -0.25) is 9.48 Å². The van der Waals surface area contributed by atoms with Gasteiger partial charge in [0.1, 0.15) is 5.82 Å². The molecule has 1 aliphatic heterocycles. The number of likely N-dealkylation sites (N-methyl/N-ethyl adjacent to an activating group) is 1. The van der Waals surface area contributed by atoms with E-state index in [9.17, 15) is 4.79 Å². The topological polar surface area (TPSA) is 63.9 Å². The lowest BCUT2D eigenvalue weighted by Crippen LogP contribution is -2.26. The first-order valence-electron chi connectivity index (χ1n) is 10.1. The summed E-state index contributed by atoms with van der Waals surface area (Å²) >= 11 is 0.